The zero-order valence-electron chi connectivity index (χ0n) is 8.00. The molecule has 0 amide bonds. The highest BCUT2D eigenvalue weighted by Crippen LogP contribution is 2.21. The summed E-state index contributed by atoms with van der Waals surface area (Å²) in [7, 11) is 0. The van der Waals surface area contributed by atoms with Crippen molar-refractivity contribution < 1.29 is 9.92 Å². The minimum Gasteiger partial charge on any atom is -0.314 e. The number of nitrogens with zero attached hydrogens (tertiary/aromatic N) is 1. The van der Waals surface area contributed by atoms with E-state index in [9.17, 15) is 10.1 Å². The monoisotopic (exact) mass is 175 g/mol. The lowest BCUT2D eigenvalue weighted by molar-refractivity contribution is -0.757. The molecule has 0 bridgehead atoms. The molecule has 0 N–H and O–H groups in total. The Labute approximate surface area is 73.0 Å². The van der Waals surface area contributed by atoms with Crippen LogP contribution < -0.4 is 0 Å². The van der Waals surface area contributed by atoms with Gasteiger partial charge in [0.15, 0.2) is 0 Å². The van der Waals surface area contributed by atoms with Crippen molar-refractivity contribution in [2.75, 3.05) is 6.61 Å². The van der Waals surface area contributed by atoms with Gasteiger partial charge in [0.1, 0.15) is 0 Å². The zero-order chi connectivity index (χ0) is 9.61. The summed E-state index contributed by atoms with van der Waals surface area (Å²) >= 11 is 0. The summed E-state index contributed by atoms with van der Waals surface area (Å²) in [6, 6.07) is 0. The van der Waals surface area contributed by atoms with Crippen LogP contribution in [0.15, 0.2) is 0 Å². The van der Waals surface area contributed by atoms with Gasteiger partial charge in [-0.05, 0) is 18.3 Å². The number of hydrogen-bond donors (Lipinski definition) is 0. The van der Waals surface area contributed by atoms with Crippen molar-refractivity contribution in [3.63, 3.8) is 0 Å². The van der Waals surface area contributed by atoms with Gasteiger partial charge in [0.2, 0.25) is 0 Å². The van der Waals surface area contributed by atoms with Gasteiger partial charge in [0.05, 0.1) is 6.61 Å². The summed E-state index contributed by atoms with van der Waals surface area (Å²) in [4.78, 5) is 13.9. The van der Waals surface area contributed by atoms with Gasteiger partial charge < -0.3 is 4.84 Å². The van der Waals surface area contributed by atoms with Crippen LogP contribution in [-0.2, 0) is 4.84 Å². The molecule has 0 spiro atoms. The highest BCUT2D eigenvalue weighted by Gasteiger charge is 2.08. The van der Waals surface area contributed by atoms with Crippen LogP contribution in [0.5, 0.6) is 0 Å². The lowest BCUT2D eigenvalue weighted by atomic mass is 9.90. The van der Waals surface area contributed by atoms with Gasteiger partial charge in [-0.15, -0.1) is 10.1 Å². The van der Waals surface area contributed by atoms with Crippen molar-refractivity contribution in [1.82, 2.24) is 0 Å². The Bertz CT molecular complexity index is 140. The van der Waals surface area contributed by atoms with Crippen LogP contribution in [0.4, 0.5) is 0 Å². The first-order chi connectivity index (χ1) is 5.42. The van der Waals surface area contributed by atoms with Gasteiger partial charge in [0.25, 0.3) is 5.09 Å². The topological polar surface area (TPSA) is 52.4 Å². The lowest BCUT2D eigenvalue weighted by Gasteiger charge is -2.17. The molecule has 0 rings (SSSR count). The molecule has 0 aliphatic heterocycles. The molecule has 0 atom stereocenters. The smallest absolute Gasteiger partial charge is 0.294 e. The van der Waals surface area contributed by atoms with Crippen molar-refractivity contribution in [2.45, 2.75) is 40.0 Å². The SMILES string of the molecule is CC(C)(C)CCCCO[N+](=O)[O-]. The first kappa shape index (κ1) is 11.2. The van der Waals surface area contributed by atoms with Crippen LogP contribution in [0.25, 0.3) is 0 Å². The molecular weight excluding hydrogens is 158 g/mol. The van der Waals surface area contributed by atoms with Crippen LogP contribution >= 0.6 is 0 Å². The Hall–Kier alpha value is -0.800. The molecule has 0 aromatic rings. The molecule has 0 aromatic heterocycles. The molecule has 4 heteroatoms. The summed E-state index contributed by atoms with van der Waals surface area (Å²) in [5.41, 5.74) is 0.314. The molecule has 0 aliphatic carbocycles. The van der Waals surface area contributed by atoms with Crippen molar-refractivity contribution in [3.8, 4) is 0 Å². The predicted molar refractivity (Wildman–Crippen MR) is 46.3 cm³/mol. The molecule has 0 heterocycles. The minimum atomic E-state index is -0.739. The summed E-state index contributed by atoms with van der Waals surface area (Å²) < 4.78 is 0. The highest BCUT2D eigenvalue weighted by atomic mass is 16.9. The molecule has 0 aliphatic rings. The van der Waals surface area contributed by atoms with Gasteiger partial charge in [0, 0.05) is 0 Å². The average molecular weight is 175 g/mol. The average Bonchev–Trinajstić information content (AvgIpc) is 1.83. The second-order valence-corrected chi connectivity index (χ2v) is 4.07. The molecule has 0 fully saturated rings. The number of rotatable bonds is 5. The molecule has 0 aromatic carbocycles. The summed E-state index contributed by atoms with van der Waals surface area (Å²) in [6.45, 7) is 6.69. The Kier molecular flexibility index (Phi) is 4.62. The maximum absolute atomic E-state index is 9.74. The van der Waals surface area contributed by atoms with Crippen LogP contribution in [0.2, 0.25) is 0 Å². The quantitative estimate of drug-likeness (QED) is 0.366. The van der Waals surface area contributed by atoms with Crippen LogP contribution in [0.1, 0.15) is 40.0 Å². The van der Waals surface area contributed by atoms with E-state index in [2.05, 4.69) is 25.6 Å². The Morgan fingerprint density at radius 1 is 1.33 bits per heavy atom. The van der Waals surface area contributed by atoms with E-state index in [1.54, 1.807) is 0 Å². The Balaban J connectivity index is 3.17. The fourth-order valence-electron chi connectivity index (χ4n) is 0.896. The predicted octanol–water partition coefficient (Wildman–Crippen LogP) is 2.41. The standard InChI is InChI=1S/C8H17NO3/c1-8(2,3)6-4-5-7-12-9(10)11/h4-7H2,1-3H3. The van der Waals surface area contributed by atoms with Crippen LogP contribution in [0, 0.1) is 15.5 Å². The second-order valence-electron chi connectivity index (χ2n) is 4.07. The van der Waals surface area contributed by atoms with E-state index in [0.29, 0.717) is 5.41 Å². The van der Waals surface area contributed by atoms with E-state index in [1.165, 1.54) is 0 Å². The minimum absolute atomic E-state index is 0.225. The van der Waals surface area contributed by atoms with Gasteiger partial charge in [-0.25, -0.2) is 0 Å². The fourth-order valence-corrected chi connectivity index (χ4v) is 0.896. The molecule has 4 nitrogen and oxygen atoms in total. The van der Waals surface area contributed by atoms with E-state index in [4.69, 9.17) is 0 Å². The molecule has 12 heavy (non-hydrogen) atoms. The highest BCUT2D eigenvalue weighted by molar-refractivity contribution is 4.60. The number of unbranched alkanes of at least 4 members (excludes halogenated alkanes) is 1. The second kappa shape index (κ2) is 4.95. The van der Waals surface area contributed by atoms with Crippen LogP contribution in [0.3, 0.4) is 0 Å². The molecule has 72 valence electrons. The maximum atomic E-state index is 9.74. The van der Waals surface area contributed by atoms with Gasteiger partial charge >= 0.3 is 0 Å². The van der Waals surface area contributed by atoms with Crippen molar-refractivity contribution >= 4 is 0 Å². The Morgan fingerprint density at radius 3 is 2.33 bits per heavy atom. The van der Waals surface area contributed by atoms with Crippen LogP contribution in [-0.4, -0.2) is 11.7 Å². The van der Waals surface area contributed by atoms with Crippen molar-refractivity contribution in [2.24, 2.45) is 5.41 Å². The molecule has 0 saturated carbocycles. The van der Waals surface area contributed by atoms with E-state index in [1.807, 2.05) is 0 Å². The Morgan fingerprint density at radius 2 is 1.92 bits per heavy atom. The zero-order valence-corrected chi connectivity index (χ0v) is 8.00. The van der Waals surface area contributed by atoms with E-state index in [0.717, 1.165) is 19.3 Å². The van der Waals surface area contributed by atoms with Crippen molar-refractivity contribution in [3.05, 3.63) is 10.1 Å². The third-order valence-electron chi connectivity index (χ3n) is 1.52. The molecule has 0 saturated heterocycles. The lowest BCUT2D eigenvalue weighted by Crippen LogP contribution is -2.06. The van der Waals surface area contributed by atoms with Gasteiger partial charge in [-0.3, -0.25) is 0 Å². The van der Waals surface area contributed by atoms with E-state index < -0.39 is 5.09 Å². The maximum Gasteiger partial charge on any atom is 0.294 e. The summed E-state index contributed by atoms with van der Waals surface area (Å²) in [5, 5.41) is 9.00. The van der Waals surface area contributed by atoms with Crippen molar-refractivity contribution in [1.29, 1.82) is 0 Å². The molecular formula is C8H17NO3. The first-order valence-electron chi connectivity index (χ1n) is 4.19. The first-order valence-corrected chi connectivity index (χ1v) is 4.19. The molecule has 0 unspecified atom stereocenters. The fraction of sp³-hybridized carbons (Fsp3) is 1.00. The van der Waals surface area contributed by atoms with E-state index in [-0.39, 0.29) is 6.61 Å². The van der Waals surface area contributed by atoms with Gasteiger partial charge in [-0.1, -0.05) is 27.2 Å². The summed E-state index contributed by atoms with van der Waals surface area (Å²) in [6.07, 6.45) is 2.82. The third-order valence-corrected chi connectivity index (χ3v) is 1.52. The van der Waals surface area contributed by atoms with E-state index >= 15 is 0 Å². The molecule has 0 radical (unpaired) electrons. The largest absolute Gasteiger partial charge is 0.314 e. The normalized spacial score (nSPS) is 11.2. The number of hydrogen-bond acceptors (Lipinski definition) is 3. The summed E-state index contributed by atoms with van der Waals surface area (Å²) in [5.74, 6) is 0. The third kappa shape index (κ3) is 9.20. The van der Waals surface area contributed by atoms with Gasteiger partial charge in [-0.2, -0.15) is 0 Å².